The number of alkyl halides is 2. The molecule has 23 heavy (non-hydrogen) atoms. The fourth-order valence-corrected chi connectivity index (χ4v) is 3.11. The Bertz CT molecular complexity index is 836. The zero-order chi connectivity index (χ0) is 17.2. The number of aryl methyl sites for hydroxylation is 1. The molecule has 124 valence electrons. The van der Waals surface area contributed by atoms with Crippen LogP contribution in [-0.4, -0.2) is 25.2 Å². The minimum Gasteiger partial charge on any atom is -0.360 e. The van der Waals surface area contributed by atoms with Crippen LogP contribution in [0.5, 0.6) is 0 Å². The van der Waals surface area contributed by atoms with Crippen LogP contribution < -0.4 is 5.32 Å². The third-order valence-electron chi connectivity index (χ3n) is 2.78. The van der Waals surface area contributed by atoms with Crippen LogP contribution in [0.1, 0.15) is 17.7 Å². The van der Waals surface area contributed by atoms with Gasteiger partial charge in [0.05, 0.1) is 4.90 Å². The van der Waals surface area contributed by atoms with E-state index in [2.05, 4.69) is 10.5 Å². The summed E-state index contributed by atoms with van der Waals surface area (Å²) in [4.78, 5) is 11.3. The number of amides is 1. The van der Waals surface area contributed by atoms with E-state index < -0.39 is 38.4 Å². The number of halogens is 3. The van der Waals surface area contributed by atoms with Gasteiger partial charge in [0.25, 0.3) is 6.43 Å². The van der Waals surface area contributed by atoms with Crippen molar-refractivity contribution in [3.8, 4) is 0 Å². The SMILES string of the molecule is Cc1cc(NC(=O)CS(=O)(=O)c2ccc(Cl)c(C(F)F)c2)no1. The molecule has 0 saturated carbocycles. The summed E-state index contributed by atoms with van der Waals surface area (Å²) < 4.78 is 54.5. The first kappa shape index (κ1) is 17.4. The summed E-state index contributed by atoms with van der Waals surface area (Å²) in [5, 5.41) is 5.48. The van der Waals surface area contributed by atoms with Crippen LogP contribution in [0.3, 0.4) is 0 Å². The summed E-state index contributed by atoms with van der Waals surface area (Å²) in [5.74, 6) is -1.30. The van der Waals surface area contributed by atoms with Crippen LogP contribution in [0.4, 0.5) is 14.6 Å². The third-order valence-corrected chi connectivity index (χ3v) is 4.74. The van der Waals surface area contributed by atoms with Gasteiger partial charge in [0.15, 0.2) is 15.7 Å². The van der Waals surface area contributed by atoms with E-state index in [1.54, 1.807) is 6.92 Å². The number of nitrogens with zero attached hydrogens (tertiary/aromatic N) is 1. The first-order valence-corrected chi connectivity index (χ1v) is 8.25. The molecule has 0 radical (unpaired) electrons. The van der Waals surface area contributed by atoms with Crippen molar-refractivity contribution in [2.75, 3.05) is 11.1 Å². The Morgan fingerprint density at radius 2 is 2.09 bits per heavy atom. The van der Waals surface area contributed by atoms with Crippen molar-refractivity contribution in [2.45, 2.75) is 18.2 Å². The molecular formula is C13H11ClF2N2O4S. The molecule has 1 heterocycles. The molecule has 0 bridgehead atoms. The Hall–Kier alpha value is -2.00. The fourth-order valence-electron chi connectivity index (χ4n) is 1.74. The van der Waals surface area contributed by atoms with Crippen molar-refractivity contribution < 1.29 is 26.5 Å². The first-order valence-electron chi connectivity index (χ1n) is 6.22. The number of aromatic nitrogens is 1. The fraction of sp³-hybridized carbons (Fsp3) is 0.231. The lowest BCUT2D eigenvalue weighted by atomic mass is 10.2. The predicted octanol–water partition coefficient (Wildman–Crippen LogP) is 2.99. The van der Waals surface area contributed by atoms with Crippen LogP contribution >= 0.6 is 11.6 Å². The van der Waals surface area contributed by atoms with E-state index >= 15 is 0 Å². The highest BCUT2D eigenvalue weighted by Crippen LogP contribution is 2.29. The zero-order valence-electron chi connectivity index (χ0n) is 11.7. The maximum atomic E-state index is 12.8. The van der Waals surface area contributed by atoms with Crippen LogP contribution in [0, 0.1) is 6.92 Å². The van der Waals surface area contributed by atoms with E-state index in [1.807, 2.05) is 0 Å². The normalized spacial score (nSPS) is 11.7. The van der Waals surface area contributed by atoms with Gasteiger partial charge in [-0.2, -0.15) is 0 Å². The average Bonchev–Trinajstić information content (AvgIpc) is 2.83. The van der Waals surface area contributed by atoms with E-state index in [-0.39, 0.29) is 10.8 Å². The Kier molecular flexibility index (Phi) is 5.00. The minimum atomic E-state index is -4.11. The molecule has 1 aromatic carbocycles. The van der Waals surface area contributed by atoms with Crippen molar-refractivity contribution in [3.05, 3.63) is 40.6 Å². The molecular weight excluding hydrogens is 354 g/mol. The summed E-state index contributed by atoms with van der Waals surface area (Å²) in [6.07, 6.45) is -2.93. The Morgan fingerprint density at radius 1 is 1.39 bits per heavy atom. The van der Waals surface area contributed by atoms with E-state index in [9.17, 15) is 22.0 Å². The van der Waals surface area contributed by atoms with E-state index in [0.717, 1.165) is 18.2 Å². The molecule has 0 aliphatic rings. The number of rotatable bonds is 5. The predicted molar refractivity (Wildman–Crippen MR) is 78.3 cm³/mol. The van der Waals surface area contributed by atoms with Gasteiger partial charge in [-0.15, -0.1) is 0 Å². The van der Waals surface area contributed by atoms with Crippen LogP contribution in [0.25, 0.3) is 0 Å². The molecule has 0 spiro atoms. The van der Waals surface area contributed by atoms with Gasteiger partial charge in [0.1, 0.15) is 11.5 Å². The number of hydrogen-bond donors (Lipinski definition) is 1. The molecule has 1 aromatic heterocycles. The number of carbonyl (C=O) groups is 1. The molecule has 2 aromatic rings. The lowest BCUT2D eigenvalue weighted by Gasteiger charge is -2.08. The van der Waals surface area contributed by atoms with Crippen molar-refractivity contribution in [1.29, 1.82) is 0 Å². The van der Waals surface area contributed by atoms with Gasteiger partial charge in [-0.05, 0) is 25.1 Å². The van der Waals surface area contributed by atoms with Gasteiger partial charge < -0.3 is 9.84 Å². The maximum Gasteiger partial charge on any atom is 0.265 e. The molecule has 0 saturated heterocycles. The van der Waals surface area contributed by atoms with Crippen LogP contribution in [0.2, 0.25) is 5.02 Å². The largest absolute Gasteiger partial charge is 0.360 e. The van der Waals surface area contributed by atoms with Crippen molar-refractivity contribution >= 4 is 33.2 Å². The Morgan fingerprint density at radius 3 is 2.65 bits per heavy atom. The van der Waals surface area contributed by atoms with E-state index in [0.29, 0.717) is 5.76 Å². The molecule has 6 nitrogen and oxygen atoms in total. The quantitative estimate of drug-likeness (QED) is 0.880. The summed E-state index contributed by atoms with van der Waals surface area (Å²) in [5.41, 5.74) is -0.611. The van der Waals surface area contributed by atoms with Gasteiger partial charge >= 0.3 is 0 Å². The lowest BCUT2D eigenvalue weighted by Crippen LogP contribution is -2.23. The number of carbonyl (C=O) groups excluding carboxylic acids is 1. The zero-order valence-corrected chi connectivity index (χ0v) is 13.3. The maximum absolute atomic E-state index is 12.8. The molecule has 0 unspecified atom stereocenters. The van der Waals surface area contributed by atoms with E-state index in [4.69, 9.17) is 16.1 Å². The molecule has 1 N–H and O–H groups in total. The number of hydrogen-bond acceptors (Lipinski definition) is 5. The third kappa shape index (κ3) is 4.26. The highest BCUT2D eigenvalue weighted by Gasteiger charge is 2.23. The average molecular weight is 365 g/mol. The topological polar surface area (TPSA) is 89.3 Å². The summed E-state index contributed by atoms with van der Waals surface area (Å²) >= 11 is 5.58. The van der Waals surface area contributed by atoms with Crippen LogP contribution in [0.15, 0.2) is 33.7 Å². The van der Waals surface area contributed by atoms with Gasteiger partial charge in [-0.25, -0.2) is 17.2 Å². The molecule has 0 aliphatic heterocycles. The van der Waals surface area contributed by atoms with Crippen molar-refractivity contribution in [1.82, 2.24) is 5.16 Å². The van der Waals surface area contributed by atoms with Crippen molar-refractivity contribution in [3.63, 3.8) is 0 Å². The summed E-state index contributed by atoms with van der Waals surface area (Å²) in [6.45, 7) is 1.60. The second kappa shape index (κ2) is 6.63. The summed E-state index contributed by atoms with van der Waals surface area (Å²) in [6, 6.07) is 4.28. The lowest BCUT2D eigenvalue weighted by molar-refractivity contribution is -0.113. The number of benzene rings is 1. The highest BCUT2D eigenvalue weighted by atomic mass is 35.5. The Balaban J connectivity index is 2.18. The number of anilines is 1. The minimum absolute atomic E-state index is 0.0621. The molecule has 0 aliphatic carbocycles. The standard InChI is InChI=1S/C13H11ClF2N2O4S/c1-7-4-11(18-22-7)17-12(19)6-23(20,21)8-2-3-10(14)9(5-8)13(15)16/h2-5,13H,6H2,1H3,(H,17,18,19). The Labute approximate surface area is 135 Å². The first-order chi connectivity index (χ1) is 10.7. The molecule has 0 fully saturated rings. The molecule has 0 atom stereocenters. The molecule has 10 heteroatoms. The van der Waals surface area contributed by atoms with Gasteiger partial charge in [0, 0.05) is 16.7 Å². The van der Waals surface area contributed by atoms with Gasteiger partial charge in [0.2, 0.25) is 5.91 Å². The molecule has 2 rings (SSSR count). The number of nitrogens with one attached hydrogen (secondary N) is 1. The second-order valence-corrected chi connectivity index (χ2v) is 7.01. The van der Waals surface area contributed by atoms with Crippen molar-refractivity contribution in [2.24, 2.45) is 0 Å². The van der Waals surface area contributed by atoms with Crippen LogP contribution in [-0.2, 0) is 14.6 Å². The van der Waals surface area contributed by atoms with Gasteiger partial charge in [-0.3, -0.25) is 4.79 Å². The van der Waals surface area contributed by atoms with Gasteiger partial charge in [-0.1, -0.05) is 16.8 Å². The number of sulfone groups is 1. The second-order valence-electron chi connectivity index (χ2n) is 4.61. The highest BCUT2D eigenvalue weighted by molar-refractivity contribution is 7.92. The smallest absolute Gasteiger partial charge is 0.265 e. The molecule has 1 amide bonds. The van der Waals surface area contributed by atoms with E-state index in [1.165, 1.54) is 6.07 Å². The summed E-state index contributed by atoms with van der Waals surface area (Å²) in [7, 11) is -4.11. The monoisotopic (exact) mass is 364 g/mol.